The van der Waals surface area contributed by atoms with Crippen molar-refractivity contribution in [2.45, 2.75) is 65.2 Å². The largest absolute Gasteiger partial charge is 0.370 e. The van der Waals surface area contributed by atoms with Crippen LogP contribution in [0.4, 0.5) is 0 Å². The van der Waals surface area contributed by atoms with Crippen LogP contribution in [-0.2, 0) is 22.6 Å². The normalized spacial score (nSPS) is 25.0. The molecule has 1 aromatic rings. The number of fused-ring (bicyclic) bond motifs is 1. The van der Waals surface area contributed by atoms with E-state index in [1.165, 1.54) is 0 Å². The molecule has 1 aliphatic carbocycles. The number of carbonyl (C=O) groups is 2. The molecule has 2 heterocycles. The summed E-state index contributed by atoms with van der Waals surface area (Å²) in [5, 5.41) is 13.0. The van der Waals surface area contributed by atoms with Crippen LogP contribution in [0.15, 0.2) is 12.2 Å². The Morgan fingerprint density at radius 3 is 2.92 bits per heavy atom. The van der Waals surface area contributed by atoms with E-state index in [1.807, 2.05) is 20.8 Å². The summed E-state index contributed by atoms with van der Waals surface area (Å²) in [4.78, 5) is 24.9. The molecule has 7 nitrogen and oxygen atoms in total. The Balaban J connectivity index is 1.60. The number of nitrogens with zero attached hydrogens (tertiary/aromatic N) is 1. The van der Waals surface area contributed by atoms with Crippen LogP contribution in [-0.4, -0.2) is 40.7 Å². The number of rotatable bonds is 5. The zero-order chi connectivity index (χ0) is 18.7. The molecule has 1 aliphatic heterocycles. The second-order valence-electron chi connectivity index (χ2n) is 7.78. The number of amides is 2. The number of aromatic nitrogens is 2. The summed E-state index contributed by atoms with van der Waals surface area (Å²) >= 11 is 0. The molecule has 1 aromatic heterocycles. The zero-order valence-electron chi connectivity index (χ0n) is 15.7. The highest BCUT2D eigenvalue weighted by Crippen LogP contribution is 2.32. The van der Waals surface area contributed by atoms with Gasteiger partial charge < -0.3 is 15.4 Å². The lowest BCUT2D eigenvalue weighted by molar-refractivity contribution is -0.131. The topological polar surface area (TPSA) is 96.1 Å². The van der Waals surface area contributed by atoms with Gasteiger partial charge in [0.2, 0.25) is 5.91 Å². The van der Waals surface area contributed by atoms with Crippen LogP contribution in [0, 0.1) is 5.41 Å². The van der Waals surface area contributed by atoms with Crippen molar-refractivity contribution in [1.29, 1.82) is 0 Å². The number of carbonyl (C=O) groups excluding carboxylic acids is 2. The first-order valence-corrected chi connectivity index (χ1v) is 9.31. The maximum Gasteiger partial charge on any atom is 0.272 e. The van der Waals surface area contributed by atoms with Crippen LogP contribution >= 0.6 is 0 Å². The van der Waals surface area contributed by atoms with Gasteiger partial charge in [0, 0.05) is 24.6 Å². The predicted octanol–water partition coefficient (Wildman–Crippen LogP) is 1.85. The van der Waals surface area contributed by atoms with E-state index in [-0.39, 0.29) is 29.4 Å². The summed E-state index contributed by atoms with van der Waals surface area (Å²) < 4.78 is 5.82. The quantitative estimate of drug-likeness (QED) is 0.698. The van der Waals surface area contributed by atoms with Crippen LogP contribution in [0.1, 0.15) is 61.8 Å². The predicted molar refractivity (Wildman–Crippen MR) is 97.6 cm³/mol. The van der Waals surface area contributed by atoms with Crippen molar-refractivity contribution < 1.29 is 14.3 Å². The molecule has 0 bridgehead atoms. The van der Waals surface area contributed by atoms with Gasteiger partial charge >= 0.3 is 0 Å². The van der Waals surface area contributed by atoms with Gasteiger partial charge in [-0.15, -0.1) is 0 Å². The summed E-state index contributed by atoms with van der Waals surface area (Å²) in [6.07, 6.45) is 7.20. The fourth-order valence-corrected chi connectivity index (χ4v) is 3.47. The van der Waals surface area contributed by atoms with E-state index in [0.29, 0.717) is 25.3 Å². The third-order valence-corrected chi connectivity index (χ3v) is 5.12. The van der Waals surface area contributed by atoms with Gasteiger partial charge in [0.15, 0.2) is 5.69 Å². The number of hydrogen-bond donors (Lipinski definition) is 3. The molecule has 3 N–H and O–H groups in total. The minimum Gasteiger partial charge on any atom is -0.370 e. The maximum absolute atomic E-state index is 12.6. The Labute approximate surface area is 154 Å². The monoisotopic (exact) mass is 360 g/mol. The van der Waals surface area contributed by atoms with Crippen molar-refractivity contribution >= 4 is 11.8 Å². The summed E-state index contributed by atoms with van der Waals surface area (Å²) in [5.74, 6) is -0.107. The molecule has 2 atom stereocenters. The van der Waals surface area contributed by atoms with Gasteiger partial charge in [0.25, 0.3) is 5.91 Å². The third-order valence-electron chi connectivity index (χ3n) is 5.12. The Bertz CT molecular complexity index is 710. The van der Waals surface area contributed by atoms with Crippen molar-refractivity contribution in [3.63, 3.8) is 0 Å². The van der Waals surface area contributed by atoms with Crippen molar-refractivity contribution in [1.82, 2.24) is 20.8 Å². The lowest BCUT2D eigenvalue weighted by Gasteiger charge is -2.31. The van der Waals surface area contributed by atoms with Gasteiger partial charge in [0.1, 0.15) is 0 Å². The highest BCUT2D eigenvalue weighted by molar-refractivity contribution is 5.94. The molecule has 0 radical (unpaired) electrons. The van der Waals surface area contributed by atoms with Crippen LogP contribution in [0.5, 0.6) is 0 Å². The Hall–Kier alpha value is -2.15. The lowest BCUT2D eigenvalue weighted by Crippen LogP contribution is -2.44. The number of allylic oxidation sites excluding steroid dienone is 2. The molecular formula is C19H28N4O3. The second-order valence-corrected chi connectivity index (χ2v) is 7.78. The van der Waals surface area contributed by atoms with E-state index >= 15 is 0 Å². The Kier molecular flexibility index (Phi) is 5.46. The number of H-pyrrole nitrogens is 1. The van der Waals surface area contributed by atoms with Gasteiger partial charge in [-0.2, -0.15) is 5.10 Å². The molecule has 26 heavy (non-hydrogen) atoms. The SMILES string of the molecule is CC(C)NC(=O)c1n[nH]c2c1CC(CNC(=O)C1(C)CC=CCC1)OC2. The molecule has 2 amide bonds. The van der Waals surface area contributed by atoms with E-state index in [0.717, 1.165) is 30.5 Å². The average Bonchev–Trinajstić information content (AvgIpc) is 3.03. The fraction of sp³-hybridized carbons (Fsp3) is 0.632. The van der Waals surface area contributed by atoms with Crippen molar-refractivity contribution in [3.05, 3.63) is 29.1 Å². The first kappa shape index (κ1) is 18.6. The van der Waals surface area contributed by atoms with Crippen LogP contribution in [0.3, 0.4) is 0 Å². The molecule has 0 spiro atoms. The van der Waals surface area contributed by atoms with Crippen LogP contribution in [0.25, 0.3) is 0 Å². The zero-order valence-corrected chi connectivity index (χ0v) is 15.7. The maximum atomic E-state index is 12.6. The molecular weight excluding hydrogens is 332 g/mol. The molecule has 3 rings (SSSR count). The fourth-order valence-electron chi connectivity index (χ4n) is 3.47. The number of hydrogen-bond acceptors (Lipinski definition) is 4. The highest BCUT2D eigenvalue weighted by Gasteiger charge is 2.34. The molecule has 7 heteroatoms. The second kappa shape index (κ2) is 7.61. The first-order chi connectivity index (χ1) is 12.4. The molecule has 0 aromatic carbocycles. The average molecular weight is 360 g/mol. The van der Waals surface area contributed by atoms with E-state index in [9.17, 15) is 9.59 Å². The van der Waals surface area contributed by atoms with Gasteiger partial charge in [0.05, 0.1) is 23.8 Å². The van der Waals surface area contributed by atoms with E-state index < -0.39 is 0 Å². The molecule has 142 valence electrons. The molecule has 0 saturated heterocycles. The Morgan fingerprint density at radius 1 is 1.42 bits per heavy atom. The number of ether oxygens (including phenoxy) is 1. The standard InChI is InChI=1S/C19H28N4O3/c1-12(2)21-17(24)16-14-9-13(26-11-15(14)22-23-16)10-20-18(25)19(3)7-5-4-6-8-19/h4-5,12-13H,6-11H2,1-3H3,(H,20,25)(H,21,24)(H,22,23). The summed E-state index contributed by atoms with van der Waals surface area (Å²) in [7, 11) is 0. The molecule has 2 aliphatic rings. The van der Waals surface area contributed by atoms with Gasteiger partial charge in [-0.25, -0.2) is 0 Å². The van der Waals surface area contributed by atoms with Gasteiger partial charge in [-0.05, 0) is 33.1 Å². The van der Waals surface area contributed by atoms with E-state index in [4.69, 9.17) is 4.74 Å². The number of aromatic amines is 1. The summed E-state index contributed by atoms with van der Waals surface area (Å²) in [5.41, 5.74) is 1.82. The first-order valence-electron chi connectivity index (χ1n) is 9.31. The van der Waals surface area contributed by atoms with Gasteiger partial charge in [-0.3, -0.25) is 14.7 Å². The van der Waals surface area contributed by atoms with Crippen LogP contribution < -0.4 is 10.6 Å². The van der Waals surface area contributed by atoms with E-state index in [1.54, 1.807) is 0 Å². The molecule has 0 fully saturated rings. The minimum absolute atomic E-state index is 0.0510. The third kappa shape index (κ3) is 3.98. The minimum atomic E-state index is -0.341. The molecule has 2 unspecified atom stereocenters. The van der Waals surface area contributed by atoms with Crippen molar-refractivity contribution in [2.75, 3.05) is 6.54 Å². The van der Waals surface area contributed by atoms with E-state index in [2.05, 4.69) is 33.0 Å². The van der Waals surface area contributed by atoms with Crippen LogP contribution in [0.2, 0.25) is 0 Å². The summed E-state index contributed by atoms with van der Waals surface area (Å²) in [6, 6.07) is 0.0510. The van der Waals surface area contributed by atoms with Crippen molar-refractivity contribution in [2.24, 2.45) is 5.41 Å². The smallest absolute Gasteiger partial charge is 0.272 e. The lowest BCUT2D eigenvalue weighted by atomic mass is 9.78. The van der Waals surface area contributed by atoms with Crippen molar-refractivity contribution in [3.8, 4) is 0 Å². The van der Waals surface area contributed by atoms with Gasteiger partial charge in [-0.1, -0.05) is 19.1 Å². The Morgan fingerprint density at radius 2 is 2.23 bits per heavy atom. The number of nitrogens with one attached hydrogen (secondary N) is 3. The molecule has 0 saturated carbocycles. The highest BCUT2D eigenvalue weighted by atomic mass is 16.5. The summed E-state index contributed by atoms with van der Waals surface area (Å²) in [6.45, 7) is 6.65.